The molecule has 0 aliphatic heterocycles. The van der Waals surface area contributed by atoms with E-state index in [0.29, 0.717) is 13.1 Å². The van der Waals surface area contributed by atoms with Gasteiger partial charge in [0.2, 0.25) is 0 Å². The van der Waals surface area contributed by atoms with Crippen molar-refractivity contribution in [3.8, 4) is 0 Å². The maximum Gasteiger partial charge on any atom is 0.522 e. The van der Waals surface area contributed by atoms with Gasteiger partial charge >= 0.3 is 29.7 Å². The maximum absolute atomic E-state index is 12.1. The van der Waals surface area contributed by atoms with Crippen LogP contribution in [0.3, 0.4) is 0 Å². The molecular formula is C4H6F6O3SSi. The predicted molar refractivity (Wildman–Crippen MR) is 39.6 cm³/mol. The second kappa shape index (κ2) is 3.63. The first-order valence-electron chi connectivity index (χ1n) is 3.29. The van der Waals surface area contributed by atoms with Gasteiger partial charge in [0, 0.05) is 0 Å². The molecular weight excluding hydrogens is 270 g/mol. The molecule has 92 valence electrons. The summed E-state index contributed by atoms with van der Waals surface area (Å²) < 4.78 is 95.1. The fourth-order valence-electron chi connectivity index (χ4n) is 0.369. The van der Waals surface area contributed by atoms with E-state index in [-0.39, 0.29) is 0 Å². The standard InChI is InChI=1S/C4H6F6O3SSi/c1-15(2,4(8,9)10)13-14(11,12)3(5,6)7/h1-2H3. The van der Waals surface area contributed by atoms with Gasteiger partial charge in [0.05, 0.1) is 0 Å². The Morgan fingerprint density at radius 3 is 1.53 bits per heavy atom. The Balaban J connectivity index is 5.08. The lowest BCUT2D eigenvalue weighted by molar-refractivity contribution is -0.0715. The van der Waals surface area contributed by atoms with Gasteiger partial charge in [0.25, 0.3) is 0 Å². The van der Waals surface area contributed by atoms with E-state index in [9.17, 15) is 34.8 Å². The first-order chi connectivity index (χ1) is 6.21. The van der Waals surface area contributed by atoms with E-state index in [1.54, 1.807) is 0 Å². The van der Waals surface area contributed by atoms with Crippen LogP contribution < -0.4 is 0 Å². The van der Waals surface area contributed by atoms with Gasteiger partial charge in [-0.1, -0.05) is 0 Å². The van der Waals surface area contributed by atoms with Crippen LogP contribution >= 0.6 is 0 Å². The first kappa shape index (κ1) is 14.7. The third-order valence-electron chi connectivity index (χ3n) is 1.28. The molecule has 0 aromatic rings. The lowest BCUT2D eigenvalue weighted by Crippen LogP contribution is -2.51. The average molecular weight is 276 g/mol. The normalized spacial score (nSPS) is 15.5. The van der Waals surface area contributed by atoms with Crippen LogP contribution in [0.15, 0.2) is 0 Å². The van der Waals surface area contributed by atoms with Gasteiger partial charge in [-0.2, -0.15) is 34.8 Å². The van der Waals surface area contributed by atoms with Crippen molar-refractivity contribution in [2.24, 2.45) is 0 Å². The molecule has 0 radical (unpaired) electrons. The van der Waals surface area contributed by atoms with Crippen molar-refractivity contribution in [3.05, 3.63) is 0 Å². The van der Waals surface area contributed by atoms with Crippen LogP contribution in [0, 0.1) is 0 Å². The molecule has 0 spiro atoms. The second-order valence-electron chi connectivity index (χ2n) is 2.99. The van der Waals surface area contributed by atoms with Gasteiger partial charge in [-0.3, -0.25) is 3.87 Å². The average Bonchev–Trinajstić information content (AvgIpc) is 1.77. The Hall–Kier alpha value is -0.293. The van der Waals surface area contributed by atoms with Crippen LogP contribution in [0.4, 0.5) is 26.3 Å². The maximum atomic E-state index is 12.1. The summed E-state index contributed by atoms with van der Waals surface area (Å²) in [5.41, 5.74) is -5.84. The number of halogens is 6. The largest absolute Gasteiger partial charge is 0.522 e. The molecule has 0 bridgehead atoms. The highest BCUT2D eigenvalue weighted by atomic mass is 32.2. The van der Waals surface area contributed by atoms with Gasteiger partial charge in [-0.05, 0) is 13.1 Å². The zero-order valence-corrected chi connectivity index (χ0v) is 9.22. The molecule has 0 atom stereocenters. The van der Waals surface area contributed by atoms with Crippen LogP contribution in [0.25, 0.3) is 0 Å². The van der Waals surface area contributed by atoms with Crippen LogP contribution in [-0.2, 0) is 14.0 Å². The Bertz CT molecular complexity index is 327. The number of rotatable bonds is 2. The monoisotopic (exact) mass is 276 g/mol. The minimum absolute atomic E-state index is 0.316. The van der Waals surface area contributed by atoms with Crippen LogP contribution in [-0.4, -0.2) is 28.0 Å². The van der Waals surface area contributed by atoms with Gasteiger partial charge in [0.1, 0.15) is 0 Å². The Kier molecular flexibility index (Phi) is 3.55. The molecule has 0 saturated carbocycles. The molecule has 0 aliphatic rings. The van der Waals surface area contributed by atoms with Crippen molar-refractivity contribution in [3.63, 3.8) is 0 Å². The molecule has 11 heteroatoms. The van der Waals surface area contributed by atoms with E-state index in [2.05, 4.69) is 3.87 Å². The summed E-state index contributed by atoms with van der Waals surface area (Å²) in [7, 11) is -11.2. The molecule has 0 fully saturated rings. The van der Waals surface area contributed by atoms with E-state index in [0.717, 1.165) is 0 Å². The van der Waals surface area contributed by atoms with Gasteiger partial charge in [0.15, 0.2) is 0 Å². The topological polar surface area (TPSA) is 43.4 Å². The SMILES string of the molecule is C[Si](C)(OS(=O)(=O)C(F)(F)F)C(F)(F)F. The Labute approximate surface area is 82.3 Å². The summed E-state index contributed by atoms with van der Waals surface area (Å²) in [6, 6.07) is 0. The van der Waals surface area contributed by atoms with E-state index in [1.807, 2.05) is 0 Å². The number of hydrogen-bond donors (Lipinski definition) is 0. The van der Waals surface area contributed by atoms with Crippen molar-refractivity contribution < 1.29 is 38.6 Å². The third kappa shape index (κ3) is 3.34. The Morgan fingerprint density at radius 2 is 1.33 bits per heavy atom. The number of hydrogen-bond acceptors (Lipinski definition) is 3. The molecule has 0 saturated heterocycles. The highest BCUT2D eigenvalue weighted by molar-refractivity contribution is 7.88. The molecule has 3 nitrogen and oxygen atoms in total. The van der Waals surface area contributed by atoms with Crippen molar-refractivity contribution in [1.82, 2.24) is 0 Å². The summed E-state index contributed by atoms with van der Waals surface area (Å²) in [6.45, 7) is 0.632. The summed E-state index contributed by atoms with van der Waals surface area (Å²) >= 11 is 0. The van der Waals surface area contributed by atoms with Crippen molar-refractivity contribution in [2.45, 2.75) is 24.4 Å². The second-order valence-corrected chi connectivity index (χ2v) is 8.62. The zero-order valence-electron chi connectivity index (χ0n) is 7.40. The summed E-state index contributed by atoms with van der Waals surface area (Å²) in [5, 5.41) is 0. The molecule has 0 aromatic heterocycles. The lowest BCUT2D eigenvalue weighted by atomic mass is 11.5. The summed E-state index contributed by atoms with van der Waals surface area (Å²) in [6.07, 6.45) is 0. The smallest absolute Gasteiger partial charge is 0.298 e. The van der Waals surface area contributed by atoms with Crippen LogP contribution in [0.5, 0.6) is 0 Å². The highest BCUT2D eigenvalue weighted by Gasteiger charge is 2.59. The minimum Gasteiger partial charge on any atom is -0.298 e. The lowest BCUT2D eigenvalue weighted by Gasteiger charge is -2.24. The van der Waals surface area contributed by atoms with Crippen molar-refractivity contribution >= 4 is 18.4 Å². The summed E-state index contributed by atoms with van der Waals surface area (Å²) in [4.78, 5) is 0. The molecule has 0 aliphatic carbocycles. The fourth-order valence-corrected chi connectivity index (χ4v) is 3.32. The van der Waals surface area contributed by atoms with E-state index in [1.165, 1.54) is 0 Å². The van der Waals surface area contributed by atoms with E-state index >= 15 is 0 Å². The number of alkyl halides is 6. The van der Waals surface area contributed by atoms with Gasteiger partial charge in [-0.15, -0.1) is 0 Å². The molecule has 0 heterocycles. The molecule has 0 N–H and O–H groups in total. The quantitative estimate of drug-likeness (QED) is 0.441. The molecule has 15 heavy (non-hydrogen) atoms. The summed E-state index contributed by atoms with van der Waals surface area (Å²) in [5.74, 6) is -5.09. The molecule has 0 aromatic carbocycles. The highest BCUT2D eigenvalue weighted by Crippen LogP contribution is 2.35. The van der Waals surface area contributed by atoms with Gasteiger partial charge < -0.3 is 0 Å². The first-order valence-corrected chi connectivity index (χ1v) is 7.61. The molecule has 0 unspecified atom stereocenters. The van der Waals surface area contributed by atoms with Crippen molar-refractivity contribution in [2.75, 3.05) is 0 Å². The van der Waals surface area contributed by atoms with E-state index < -0.39 is 29.7 Å². The van der Waals surface area contributed by atoms with Crippen LogP contribution in [0.1, 0.15) is 0 Å². The molecule has 0 amide bonds. The minimum atomic E-state index is -6.20. The predicted octanol–water partition coefficient (Wildman–Crippen LogP) is 2.16. The fraction of sp³-hybridized carbons (Fsp3) is 1.00. The van der Waals surface area contributed by atoms with Crippen molar-refractivity contribution in [1.29, 1.82) is 0 Å². The van der Waals surface area contributed by atoms with Gasteiger partial charge in [-0.25, -0.2) is 0 Å². The molecule has 0 rings (SSSR count). The van der Waals surface area contributed by atoms with Crippen LogP contribution in [0.2, 0.25) is 13.1 Å². The zero-order chi connectivity index (χ0) is 12.7. The Morgan fingerprint density at radius 1 is 1.00 bits per heavy atom. The van der Waals surface area contributed by atoms with E-state index in [4.69, 9.17) is 0 Å². The third-order valence-corrected chi connectivity index (χ3v) is 5.76.